The van der Waals surface area contributed by atoms with E-state index in [0.29, 0.717) is 0 Å². The van der Waals surface area contributed by atoms with Crippen LogP contribution in [0.25, 0.3) is 12.2 Å². The second kappa shape index (κ2) is 6.30. The molecule has 1 heteroatoms. The molecule has 0 fully saturated rings. The molecule has 0 aliphatic rings. The summed E-state index contributed by atoms with van der Waals surface area (Å²) in [4.78, 5) is 0. The van der Waals surface area contributed by atoms with Crippen molar-refractivity contribution in [2.75, 3.05) is 0 Å². The molecule has 1 radical (unpaired) electrons. The Kier molecular flexibility index (Phi) is 4.97. The van der Waals surface area contributed by atoms with Crippen molar-refractivity contribution in [2.24, 2.45) is 0 Å². The van der Waals surface area contributed by atoms with Crippen LogP contribution < -0.4 is 0 Å². The predicted molar refractivity (Wildman–Crippen MR) is 67.8 cm³/mol. The third-order valence-corrected chi connectivity index (χ3v) is 2.01. The van der Waals surface area contributed by atoms with Crippen LogP contribution in [0.4, 0.5) is 0 Å². The van der Waals surface area contributed by atoms with Gasteiger partial charge in [-0.1, -0.05) is 66.7 Å². The average Bonchev–Trinajstić information content (AvgIpc) is 2.29. The summed E-state index contributed by atoms with van der Waals surface area (Å²) in [6.07, 6.45) is 4.21. The van der Waals surface area contributed by atoms with E-state index < -0.39 is 0 Å². The van der Waals surface area contributed by atoms with Gasteiger partial charge < -0.3 is 0 Å². The van der Waals surface area contributed by atoms with Gasteiger partial charge in [0, 0.05) is 0 Å². The molecule has 0 unspecified atom stereocenters. The summed E-state index contributed by atoms with van der Waals surface area (Å²) in [7, 11) is 0. The predicted octanol–water partition coefficient (Wildman–Crippen LogP) is 3.01. The summed E-state index contributed by atoms with van der Waals surface area (Å²) in [5.41, 5.74) is 2.42. The molecule has 0 aliphatic heterocycles. The summed E-state index contributed by atoms with van der Waals surface area (Å²) < 4.78 is 0. The molecule has 2 rings (SSSR count). The van der Waals surface area contributed by atoms with Gasteiger partial charge in [0.15, 0.2) is 0 Å². The Bertz CT molecular complexity index is 362. The largest absolute Gasteiger partial charge is 0.0622 e. The number of hydrogen-bond acceptors (Lipinski definition) is 0. The maximum absolute atomic E-state index is 3.00. The normalized spacial score (nSPS) is 9.87. The van der Waals surface area contributed by atoms with Crippen molar-refractivity contribution >= 4 is 31.0 Å². The minimum atomic E-state index is 0. The summed E-state index contributed by atoms with van der Waals surface area (Å²) >= 11 is 0. The van der Waals surface area contributed by atoms with Crippen LogP contribution in [0.15, 0.2) is 54.6 Å². The molecule has 0 heterocycles. The van der Waals surface area contributed by atoms with E-state index in [1.165, 1.54) is 11.1 Å². The molecule has 0 N–H and O–H groups in total. The summed E-state index contributed by atoms with van der Waals surface area (Å²) in [5, 5.41) is 0. The third kappa shape index (κ3) is 3.79. The maximum Gasteiger partial charge on any atom is -0.0184 e. The second-order valence-electron chi connectivity index (χ2n) is 3.08. The smallest absolute Gasteiger partial charge is 0.0184 e. The molecule has 0 atom stereocenters. The van der Waals surface area contributed by atoms with E-state index >= 15 is 0 Å². The van der Waals surface area contributed by atoms with Gasteiger partial charge in [-0.05, 0) is 17.2 Å². The van der Waals surface area contributed by atoms with Crippen LogP contribution in [-0.4, -0.2) is 18.9 Å². The van der Waals surface area contributed by atoms with E-state index in [0.717, 1.165) is 0 Å². The zero-order chi connectivity index (χ0) is 9.64. The minimum absolute atomic E-state index is 0. The molecule has 2 aromatic rings. The molecule has 0 saturated heterocycles. The van der Waals surface area contributed by atoms with Crippen molar-refractivity contribution in [1.82, 2.24) is 0 Å². The quantitative estimate of drug-likeness (QED) is 0.500. The summed E-state index contributed by atoms with van der Waals surface area (Å²) in [5.74, 6) is 0. The number of benzene rings is 2. The topological polar surface area (TPSA) is 0 Å². The Morgan fingerprint density at radius 2 is 1.27 bits per heavy atom. The van der Waals surface area contributed by atoms with Crippen LogP contribution in [0.5, 0.6) is 0 Å². The summed E-state index contributed by atoms with van der Waals surface area (Å²) in [6, 6.07) is 21.2. The standard InChI is InChI=1S/C14H11.Li.H/c1-3-7-13(8-4-1)11-12-14-9-5-2-6-10-14;;/h1,3-12H;;. The molecule has 0 saturated carbocycles. The zero-order valence-corrected chi connectivity index (χ0v) is 7.85. The second-order valence-corrected chi connectivity index (χ2v) is 3.08. The van der Waals surface area contributed by atoms with Crippen LogP contribution in [0.2, 0.25) is 0 Å². The Morgan fingerprint density at radius 3 is 1.87 bits per heavy atom. The Hall–Kier alpha value is -1.22. The average molecular weight is 187 g/mol. The van der Waals surface area contributed by atoms with Gasteiger partial charge in [0.25, 0.3) is 0 Å². The van der Waals surface area contributed by atoms with E-state index in [4.69, 9.17) is 0 Å². The van der Waals surface area contributed by atoms with Gasteiger partial charge in [0.1, 0.15) is 0 Å². The fraction of sp³-hybridized carbons (Fsp3) is 0. The molecule has 15 heavy (non-hydrogen) atoms. The van der Waals surface area contributed by atoms with Crippen molar-refractivity contribution in [3.8, 4) is 0 Å². The number of hydrogen-bond donors (Lipinski definition) is 0. The summed E-state index contributed by atoms with van der Waals surface area (Å²) in [6.45, 7) is 0. The first-order valence-electron chi connectivity index (χ1n) is 4.64. The van der Waals surface area contributed by atoms with Crippen LogP contribution in [-0.2, 0) is 0 Å². The first-order chi connectivity index (χ1) is 6.95. The molecule has 0 bridgehead atoms. The fourth-order valence-electron chi connectivity index (χ4n) is 1.27. The van der Waals surface area contributed by atoms with E-state index in [1.54, 1.807) is 0 Å². The molecule has 0 nitrogen and oxygen atoms in total. The SMILES string of the molecule is [LiH].[c]1ccc(C=Cc2ccccc2)cc1. The van der Waals surface area contributed by atoms with Crippen LogP contribution >= 0.6 is 0 Å². The van der Waals surface area contributed by atoms with E-state index in [9.17, 15) is 0 Å². The Labute approximate surface area is 103 Å². The van der Waals surface area contributed by atoms with Crippen LogP contribution in [0, 0.1) is 6.07 Å². The third-order valence-electron chi connectivity index (χ3n) is 2.01. The monoisotopic (exact) mass is 187 g/mol. The molecular weight excluding hydrogens is 175 g/mol. The first-order valence-corrected chi connectivity index (χ1v) is 4.64. The van der Waals surface area contributed by atoms with Crippen LogP contribution in [0.3, 0.4) is 0 Å². The van der Waals surface area contributed by atoms with Gasteiger partial charge in [-0.25, -0.2) is 0 Å². The van der Waals surface area contributed by atoms with Gasteiger partial charge >= 0.3 is 18.9 Å². The van der Waals surface area contributed by atoms with Crippen molar-refractivity contribution < 1.29 is 0 Å². The Balaban J connectivity index is 0.00000112. The fourth-order valence-corrected chi connectivity index (χ4v) is 1.27. The van der Waals surface area contributed by atoms with Gasteiger partial charge in [-0.15, -0.1) is 0 Å². The van der Waals surface area contributed by atoms with E-state index in [1.807, 2.05) is 42.5 Å². The zero-order valence-electron chi connectivity index (χ0n) is 7.85. The minimum Gasteiger partial charge on any atom is -0.0622 e. The van der Waals surface area contributed by atoms with Gasteiger partial charge in [0.05, 0.1) is 0 Å². The van der Waals surface area contributed by atoms with Gasteiger partial charge in [-0.3, -0.25) is 0 Å². The van der Waals surface area contributed by atoms with E-state index in [-0.39, 0.29) is 18.9 Å². The number of rotatable bonds is 2. The molecule has 0 aromatic heterocycles. The maximum atomic E-state index is 3.00. The molecule has 2 aromatic carbocycles. The molecule has 69 valence electrons. The van der Waals surface area contributed by atoms with E-state index in [2.05, 4.69) is 30.4 Å². The van der Waals surface area contributed by atoms with Crippen molar-refractivity contribution in [1.29, 1.82) is 0 Å². The van der Waals surface area contributed by atoms with Crippen molar-refractivity contribution in [3.05, 3.63) is 71.8 Å². The molecule has 0 amide bonds. The van der Waals surface area contributed by atoms with Crippen molar-refractivity contribution in [3.63, 3.8) is 0 Å². The van der Waals surface area contributed by atoms with Crippen LogP contribution in [0.1, 0.15) is 11.1 Å². The molecular formula is C14H12Li. The van der Waals surface area contributed by atoms with Gasteiger partial charge in [-0.2, -0.15) is 0 Å². The first kappa shape index (κ1) is 11.8. The molecule has 0 aliphatic carbocycles. The van der Waals surface area contributed by atoms with Crippen molar-refractivity contribution in [2.45, 2.75) is 0 Å². The molecule has 0 spiro atoms. The van der Waals surface area contributed by atoms with Gasteiger partial charge in [0.2, 0.25) is 0 Å². The Morgan fingerprint density at radius 1 is 0.733 bits per heavy atom.